The first-order chi connectivity index (χ1) is 7.27. The van der Waals surface area contributed by atoms with Crippen molar-refractivity contribution in [3.63, 3.8) is 0 Å². The van der Waals surface area contributed by atoms with Gasteiger partial charge in [0.1, 0.15) is 5.76 Å². The smallest absolute Gasteiger partial charge is 0.336 e. The molecular weight excluding hydrogens is 256 g/mol. The van der Waals surface area contributed by atoms with Crippen LogP contribution in [0.15, 0.2) is 22.4 Å². The Kier molecular flexibility index (Phi) is 5.69. The molecule has 0 fully saturated rings. The Hall–Kier alpha value is -0.570. The predicted octanol–water partition coefficient (Wildman–Crippen LogP) is 4.07. The third-order valence-electron chi connectivity index (χ3n) is 2.47. The molecule has 1 aliphatic rings. The van der Waals surface area contributed by atoms with Crippen LogP contribution in [0.4, 0.5) is 0 Å². The molecule has 1 heterocycles. The van der Waals surface area contributed by atoms with Crippen molar-refractivity contribution in [3.8, 4) is 0 Å². The van der Waals surface area contributed by atoms with Gasteiger partial charge in [0.05, 0.1) is 0 Å². The second-order valence-corrected chi connectivity index (χ2v) is 4.19. The van der Waals surface area contributed by atoms with E-state index in [2.05, 4.69) is 22.9 Å². The Morgan fingerprint density at radius 1 is 1.33 bits per heavy atom. The van der Waals surface area contributed by atoms with E-state index in [1.807, 2.05) is 0 Å². The van der Waals surface area contributed by atoms with Crippen molar-refractivity contribution in [1.29, 1.82) is 0 Å². The van der Waals surface area contributed by atoms with Crippen LogP contribution in [0.2, 0.25) is 0 Å². The molecule has 84 valence electrons. The van der Waals surface area contributed by atoms with Crippen LogP contribution in [0.3, 0.4) is 0 Å². The van der Waals surface area contributed by atoms with E-state index in [-0.39, 0.29) is 5.97 Å². The van der Waals surface area contributed by atoms with E-state index in [1.54, 1.807) is 11.1 Å². The first-order valence-corrected chi connectivity index (χ1v) is 6.42. The molecule has 0 aromatic rings. The standard InChI is InChI=1S/C12H17BrO2/c1-2-3-4-5-6-7-10-8-12(14)15-11(10)9-13/h8-9H,2-7H2,1H3. The SMILES string of the molecule is CCCCCCCC1=CC(=O)OC1=CBr. The maximum absolute atomic E-state index is 11.0. The minimum absolute atomic E-state index is 0.246. The summed E-state index contributed by atoms with van der Waals surface area (Å²) in [5.41, 5.74) is 1.02. The number of esters is 1. The van der Waals surface area contributed by atoms with Crippen molar-refractivity contribution in [2.45, 2.75) is 45.4 Å². The summed E-state index contributed by atoms with van der Waals surface area (Å²) in [5.74, 6) is 0.430. The highest BCUT2D eigenvalue weighted by molar-refractivity contribution is 9.11. The molecule has 0 N–H and O–H groups in total. The lowest BCUT2D eigenvalue weighted by molar-refractivity contribution is -0.132. The van der Waals surface area contributed by atoms with Gasteiger partial charge in [0, 0.05) is 16.6 Å². The van der Waals surface area contributed by atoms with Crippen LogP contribution < -0.4 is 0 Å². The molecule has 0 spiro atoms. The summed E-state index contributed by atoms with van der Waals surface area (Å²) in [6.45, 7) is 2.21. The van der Waals surface area contributed by atoms with E-state index >= 15 is 0 Å². The quantitative estimate of drug-likeness (QED) is 0.538. The number of unbranched alkanes of at least 4 members (excludes halogenated alkanes) is 4. The monoisotopic (exact) mass is 272 g/mol. The first kappa shape index (κ1) is 12.5. The molecule has 0 radical (unpaired) electrons. The summed E-state index contributed by atoms with van der Waals surface area (Å²) >= 11 is 3.20. The van der Waals surface area contributed by atoms with Gasteiger partial charge in [0.25, 0.3) is 0 Å². The summed E-state index contributed by atoms with van der Waals surface area (Å²) in [5, 5.41) is 0. The highest BCUT2D eigenvalue weighted by Crippen LogP contribution is 2.25. The third-order valence-corrected chi connectivity index (χ3v) is 2.88. The van der Waals surface area contributed by atoms with Crippen molar-refractivity contribution < 1.29 is 9.53 Å². The zero-order valence-electron chi connectivity index (χ0n) is 9.09. The molecular formula is C12H17BrO2. The Balaban J connectivity index is 2.26. The number of carbonyl (C=O) groups is 1. The van der Waals surface area contributed by atoms with E-state index in [1.165, 1.54) is 25.7 Å². The van der Waals surface area contributed by atoms with E-state index in [0.717, 1.165) is 18.4 Å². The van der Waals surface area contributed by atoms with Crippen molar-refractivity contribution >= 4 is 21.9 Å². The fraction of sp³-hybridized carbons (Fsp3) is 0.583. The average Bonchev–Trinajstić information content (AvgIpc) is 2.59. The number of rotatable bonds is 6. The second-order valence-electron chi connectivity index (χ2n) is 3.73. The molecule has 0 amide bonds. The van der Waals surface area contributed by atoms with Crippen LogP contribution in [-0.4, -0.2) is 5.97 Å². The maximum Gasteiger partial charge on any atom is 0.336 e. The number of halogens is 1. The van der Waals surface area contributed by atoms with E-state index < -0.39 is 0 Å². The molecule has 3 heteroatoms. The number of cyclic esters (lactones) is 1. The van der Waals surface area contributed by atoms with Crippen molar-refractivity contribution in [2.24, 2.45) is 0 Å². The lowest BCUT2D eigenvalue weighted by Crippen LogP contribution is -1.90. The van der Waals surface area contributed by atoms with Gasteiger partial charge < -0.3 is 4.74 Å². The number of hydrogen-bond acceptors (Lipinski definition) is 2. The highest BCUT2D eigenvalue weighted by atomic mass is 79.9. The summed E-state index contributed by atoms with van der Waals surface area (Å²) in [6.07, 6.45) is 8.74. The minimum atomic E-state index is -0.246. The fourth-order valence-electron chi connectivity index (χ4n) is 1.62. The number of allylic oxidation sites excluding steroid dienone is 1. The molecule has 0 aromatic heterocycles. The molecule has 0 aromatic carbocycles. The van der Waals surface area contributed by atoms with Crippen LogP contribution in [-0.2, 0) is 9.53 Å². The molecule has 0 unspecified atom stereocenters. The summed E-state index contributed by atoms with van der Waals surface area (Å²) in [6, 6.07) is 0. The van der Waals surface area contributed by atoms with Gasteiger partial charge in [0.2, 0.25) is 0 Å². The van der Waals surface area contributed by atoms with Gasteiger partial charge in [0.15, 0.2) is 0 Å². The summed E-state index contributed by atoms with van der Waals surface area (Å²) in [7, 11) is 0. The van der Waals surface area contributed by atoms with Gasteiger partial charge in [-0.3, -0.25) is 0 Å². The van der Waals surface area contributed by atoms with Gasteiger partial charge in [-0.2, -0.15) is 0 Å². The summed E-state index contributed by atoms with van der Waals surface area (Å²) < 4.78 is 4.98. The zero-order valence-corrected chi connectivity index (χ0v) is 10.7. The molecule has 0 aliphatic carbocycles. The Morgan fingerprint density at radius 2 is 2.07 bits per heavy atom. The fourth-order valence-corrected chi connectivity index (χ4v) is 2.01. The number of hydrogen-bond donors (Lipinski definition) is 0. The third kappa shape index (κ3) is 4.20. The van der Waals surface area contributed by atoms with Crippen molar-refractivity contribution in [2.75, 3.05) is 0 Å². The summed E-state index contributed by atoms with van der Waals surface area (Å²) in [4.78, 5) is 12.7. The molecule has 2 nitrogen and oxygen atoms in total. The van der Waals surface area contributed by atoms with Gasteiger partial charge in [-0.1, -0.05) is 48.5 Å². The molecule has 0 atom stereocenters. The lowest BCUT2D eigenvalue weighted by Gasteiger charge is -2.02. The van der Waals surface area contributed by atoms with Crippen LogP contribution in [0.1, 0.15) is 45.4 Å². The molecule has 15 heavy (non-hydrogen) atoms. The normalized spacial score (nSPS) is 18.1. The van der Waals surface area contributed by atoms with E-state index in [0.29, 0.717) is 5.76 Å². The molecule has 0 saturated heterocycles. The van der Waals surface area contributed by atoms with E-state index in [4.69, 9.17) is 4.74 Å². The van der Waals surface area contributed by atoms with Gasteiger partial charge in [-0.25, -0.2) is 4.79 Å². The Bertz CT molecular complexity index is 279. The largest absolute Gasteiger partial charge is 0.423 e. The molecule has 1 rings (SSSR count). The topological polar surface area (TPSA) is 26.3 Å². The van der Waals surface area contributed by atoms with Crippen LogP contribution in [0.25, 0.3) is 0 Å². The average molecular weight is 273 g/mol. The Labute approximate surface area is 99.5 Å². The molecule has 0 saturated carbocycles. The van der Waals surface area contributed by atoms with Crippen molar-refractivity contribution in [3.05, 3.63) is 22.4 Å². The van der Waals surface area contributed by atoms with Crippen LogP contribution >= 0.6 is 15.9 Å². The van der Waals surface area contributed by atoms with E-state index in [9.17, 15) is 4.79 Å². The molecule has 0 bridgehead atoms. The minimum Gasteiger partial charge on any atom is -0.423 e. The zero-order chi connectivity index (χ0) is 11.1. The molecule has 1 aliphatic heterocycles. The number of ether oxygens (including phenoxy) is 1. The van der Waals surface area contributed by atoms with Gasteiger partial charge in [-0.15, -0.1) is 0 Å². The van der Waals surface area contributed by atoms with Crippen LogP contribution in [0.5, 0.6) is 0 Å². The van der Waals surface area contributed by atoms with Gasteiger partial charge in [-0.05, 0) is 12.8 Å². The predicted molar refractivity (Wildman–Crippen MR) is 64.6 cm³/mol. The lowest BCUT2D eigenvalue weighted by atomic mass is 10.1. The number of carbonyl (C=O) groups excluding carboxylic acids is 1. The first-order valence-electron chi connectivity index (χ1n) is 5.51. The maximum atomic E-state index is 11.0. The Morgan fingerprint density at radius 3 is 2.73 bits per heavy atom. The van der Waals surface area contributed by atoms with Gasteiger partial charge >= 0.3 is 5.97 Å². The van der Waals surface area contributed by atoms with Crippen LogP contribution in [0, 0.1) is 0 Å². The second kappa shape index (κ2) is 6.83. The van der Waals surface area contributed by atoms with Crippen molar-refractivity contribution in [1.82, 2.24) is 0 Å². The highest BCUT2D eigenvalue weighted by Gasteiger charge is 2.18.